The molecule has 0 spiro atoms. The molecular formula is C10H20O3. The summed E-state index contributed by atoms with van der Waals surface area (Å²) in [7, 11) is 0. The summed E-state index contributed by atoms with van der Waals surface area (Å²) in [6.45, 7) is 5.00. The number of aliphatic hydroxyl groups is 2. The average Bonchev–Trinajstić information content (AvgIpc) is 2.54. The number of ether oxygens (including phenoxy) is 1. The third-order valence-electron chi connectivity index (χ3n) is 3.28. The maximum atomic E-state index is 10.3. The Hall–Kier alpha value is -0.120. The lowest BCUT2D eigenvalue weighted by Crippen LogP contribution is -2.49. The van der Waals surface area contributed by atoms with Crippen molar-refractivity contribution in [1.82, 2.24) is 0 Å². The summed E-state index contributed by atoms with van der Waals surface area (Å²) in [5.74, 6) is 0. The van der Waals surface area contributed by atoms with E-state index in [-0.39, 0.29) is 6.61 Å². The van der Waals surface area contributed by atoms with Crippen LogP contribution in [0.5, 0.6) is 0 Å². The summed E-state index contributed by atoms with van der Waals surface area (Å²) in [6.07, 6.45) is 2.45. The van der Waals surface area contributed by atoms with Gasteiger partial charge in [0.25, 0.3) is 0 Å². The summed E-state index contributed by atoms with van der Waals surface area (Å²) < 4.78 is 5.19. The number of hydrogen-bond acceptors (Lipinski definition) is 3. The van der Waals surface area contributed by atoms with Gasteiger partial charge in [-0.3, -0.25) is 0 Å². The Kier molecular flexibility index (Phi) is 3.33. The zero-order chi connectivity index (χ0) is 9.95. The summed E-state index contributed by atoms with van der Waals surface area (Å²) in [4.78, 5) is 0. The van der Waals surface area contributed by atoms with Crippen molar-refractivity contribution < 1.29 is 14.9 Å². The monoisotopic (exact) mass is 188 g/mol. The van der Waals surface area contributed by atoms with Crippen LogP contribution in [0.1, 0.15) is 33.1 Å². The molecule has 1 rings (SSSR count). The van der Waals surface area contributed by atoms with Gasteiger partial charge >= 0.3 is 0 Å². The third kappa shape index (κ3) is 1.87. The van der Waals surface area contributed by atoms with E-state index in [0.717, 1.165) is 12.8 Å². The molecule has 1 aliphatic heterocycles. The average molecular weight is 188 g/mol. The van der Waals surface area contributed by atoms with Crippen LogP contribution in [0.3, 0.4) is 0 Å². The topological polar surface area (TPSA) is 49.7 Å². The summed E-state index contributed by atoms with van der Waals surface area (Å²) in [6, 6.07) is 0. The molecule has 2 atom stereocenters. The van der Waals surface area contributed by atoms with Crippen LogP contribution in [0.25, 0.3) is 0 Å². The summed E-state index contributed by atoms with van der Waals surface area (Å²) in [5.41, 5.74) is -1.23. The molecule has 0 aliphatic carbocycles. The second kappa shape index (κ2) is 3.95. The first-order chi connectivity index (χ1) is 6.08. The van der Waals surface area contributed by atoms with Gasteiger partial charge in [-0.1, -0.05) is 20.3 Å². The molecule has 2 N–H and O–H groups in total. The van der Waals surface area contributed by atoms with Gasteiger partial charge in [0, 0.05) is 18.4 Å². The minimum Gasteiger partial charge on any atom is -0.396 e. The first-order valence-electron chi connectivity index (χ1n) is 4.99. The lowest BCUT2D eigenvalue weighted by molar-refractivity contribution is -0.105. The lowest BCUT2D eigenvalue weighted by Gasteiger charge is -2.40. The van der Waals surface area contributed by atoms with E-state index in [0.29, 0.717) is 19.6 Å². The largest absolute Gasteiger partial charge is 0.396 e. The first kappa shape index (κ1) is 11.0. The second-order valence-electron chi connectivity index (χ2n) is 4.30. The van der Waals surface area contributed by atoms with Crippen LogP contribution in [-0.4, -0.2) is 35.6 Å². The van der Waals surface area contributed by atoms with Crippen molar-refractivity contribution in [1.29, 1.82) is 0 Å². The molecular weight excluding hydrogens is 168 g/mol. The molecule has 0 radical (unpaired) electrons. The van der Waals surface area contributed by atoms with E-state index in [4.69, 9.17) is 4.74 Å². The molecule has 0 amide bonds. The molecule has 0 aromatic rings. The molecule has 3 nitrogen and oxygen atoms in total. The van der Waals surface area contributed by atoms with E-state index >= 15 is 0 Å². The Morgan fingerprint density at radius 2 is 2.23 bits per heavy atom. The predicted molar refractivity (Wildman–Crippen MR) is 50.5 cm³/mol. The summed E-state index contributed by atoms with van der Waals surface area (Å²) >= 11 is 0. The molecule has 3 heteroatoms. The molecule has 78 valence electrons. The molecule has 0 bridgehead atoms. The summed E-state index contributed by atoms with van der Waals surface area (Å²) in [5, 5.41) is 19.6. The van der Waals surface area contributed by atoms with Crippen molar-refractivity contribution in [3.63, 3.8) is 0 Å². The van der Waals surface area contributed by atoms with Crippen LogP contribution in [0.2, 0.25) is 0 Å². The molecule has 1 aliphatic rings. The lowest BCUT2D eigenvalue weighted by atomic mass is 9.70. The SMILES string of the molecule is CCCC(C)(CO)C1(O)CCOC1. The molecule has 0 saturated carbocycles. The molecule has 1 heterocycles. The van der Waals surface area contributed by atoms with Crippen molar-refractivity contribution in [3.05, 3.63) is 0 Å². The van der Waals surface area contributed by atoms with Crippen LogP contribution in [0, 0.1) is 5.41 Å². The van der Waals surface area contributed by atoms with E-state index in [1.807, 2.05) is 6.92 Å². The maximum Gasteiger partial charge on any atom is 0.0976 e. The van der Waals surface area contributed by atoms with Gasteiger partial charge in [0.15, 0.2) is 0 Å². The van der Waals surface area contributed by atoms with Gasteiger partial charge in [0.05, 0.1) is 18.8 Å². The number of hydrogen-bond donors (Lipinski definition) is 2. The van der Waals surface area contributed by atoms with Crippen molar-refractivity contribution in [3.8, 4) is 0 Å². The van der Waals surface area contributed by atoms with E-state index in [1.165, 1.54) is 0 Å². The van der Waals surface area contributed by atoms with Gasteiger partial charge in [-0.05, 0) is 6.42 Å². The van der Waals surface area contributed by atoms with Gasteiger partial charge < -0.3 is 14.9 Å². The number of aliphatic hydroxyl groups excluding tert-OH is 1. The third-order valence-corrected chi connectivity index (χ3v) is 3.28. The van der Waals surface area contributed by atoms with Crippen LogP contribution < -0.4 is 0 Å². The predicted octanol–water partition coefficient (Wildman–Crippen LogP) is 0.936. The van der Waals surface area contributed by atoms with E-state index in [9.17, 15) is 10.2 Å². The molecule has 2 unspecified atom stereocenters. The Morgan fingerprint density at radius 3 is 2.62 bits per heavy atom. The quantitative estimate of drug-likeness (QED) is 0.690. The van der Waals surface area contributed by atoms with Crippen molar-refractivity contribution in [2.45, 2.75) is 38.7 Å². The van der Waals surface area contributed by atoms with Gasteiger partial charge in [0.2, 0.25) is 0 Å². The zero-order valence-corrected chi connectivity index (χ0v) is 8.55. The Bertz CT molecular complexity index is 164. The highest BCUT2D eigenvalue weighted by Gasteiger charge is 2.48. The van der Waals surface area contributed by atoms with Gasteiger partial charge in [0.1, 0.15) is 0 Å². The van der Waals surface area contributed by atoms with Gasteiger partial charge in [-0.25, -0.2) is 0 Å². The van der Waals surface area contributed by atoms with Gasteiger partial charge in [-0.15, -0.1) is 0 Å². The van der Waals surface area contributed by atoms with Crippen LogP contribution in [0.4, 0.5) is 0 Å². The highest BCUT2D eigenvalue weighted by Crippen LogP contribution is 2.40. The van der Waals surface area contributed by atoms with Crippen LogP contribution in [-0.2, 0) is 4.74 Å². The minimum absolute atomic E-state index is 0.0285. The Morgan fingerprint density at radius 1 is 1.54 bits per heavy atom. The molecule has 1 saturated heterocycles. The molecule has 0 aromatic carbocycles. The highest BCUT2D eigenvalue weighted by molar-refractivity contribution is 4.98. The van der Waals surface area contributed by atoms with Crippen LogP contribution in [0.15, 0.2) is 0 Å². The first-order valence-corrected chi connectivity index (χ1v) is 4.99. The standard InChI is InChI=1S/C10H20O3/c1-3-4-9(2,7-11)10(12)5-6-13-8-10/h11-12H,3-8H2,1-2H3. The van der Waals surface area contributed by atoms with E-state index in [1.54, 1.807) is 0 Å². The van der Waals surface area contributed by atoms with E-state index in [2.05, 4.69) is 6.92 Å². The van der Waals surface area contributed by atoms with Crippen molar-refractivity contribution >= 4 is 0 Å². The maximum absolute atomic E-state index is 10.3. The van der Waals surface area contributed by atoms with Crippen molar-refractivity contribution in [2.75, 3.05) is 19.8 Å². The highest BCUT2D eigenvalue weighted by atomic mass is 16.5. The van der Waals surface area contributed by atoms with Crippen molar-refractivity contribution in [2.24, 2.45) is 5.41 Å². The normalized spacial score (nSPS) is 33.2. The minimum atomic E-state index is -0.822. The molecule has 0 aromatic heterocycles. The zero-order valence-electron chi connectivity index (χ0n) is 8.55. The van der Waals surface area contributed by atoms with Crippen LogP contribution >= 0.6 is 0 Å². The van der Waals surface area contributed by atoms with Gasteiger partial charge in [-0.2, -0.15) is 0 Å². The smallest absolute Gasteiger partial charge is 0.0976 e. The Labute approximate surface area is 79.7 Å². The fourth-order valence-corrected chi connectivity index (χ4v) is 2.04. The fraction of sp³-hybridized carbons (Fsp3) is 1.00. The van der Waals surface area contributed by atoms with E-state index < -0.39 is 11.0 Å². The second-order valence-corrected chi connectivity index (χ2v) is 4.30. The molecule has 13 heavy (non-hydrogen) atoms. The molecule has 1 fully saturated rings. The Balaban J connectivity index is 2.73. The fourth-order valence-electron chi connectivity index (χ4n) is 2.04. The number of rotatable bonds is 4.